The van der Waals surface area contributed by atoms with Crippen LogP contribution in [0.2, 0.25) is 0 Å². The van der Waals surface area contributed by atoms with E-state index in [1.165, 1.54) is 5.32 Å². The molecule has 0 aliphatic heterocycles. The first-order valence-electron chi connectivity index (χ1n) is 5.14. The van der Waals surface area contributed by atoms with Crippen molar-refractivity contribution in [2.45, 2.75) is 6.10 Å². The first kappa shape index (κ1) is 16.6. The lowest BCUT2D eigenvalue weighted by Gasteiger charge is -2.11. The zero-order valence-electron chi connectivity index (χ0n) is 9.89. The van der Waals surface area contributed by atoms with Crippen LogP contribution in [-0.2, 0) is 4.79 Å². The number of urea groups is 1. The Bertz CT molecular complexity index is 566. The van der Waals surface area contributed by atoms with Crippen molar-refractivity contribution in [2.75, 3.05) is 11.9 Å². The highest BCUT2D eigenvalue weighted by atomic mass is 19.2. The highest BCUT2D eigenvalue weighted by Crippen LogP contribution is 2.26. The average Bonchev–Trinajstić information content (AvgIpc) is 2.44. The van der Waals surface area contributed by atoms with Crippen LogP contribution in [0, 0.1) is 29.1 Å². The van der Waals surface area contributed by atoms with Crippen molar-refractivity contribution in [1.82, 2.24) is 5.32 Å². The molecule has 1 aromatic carbocycles. The Hall–Kier alpha value is -2.43. The van der Waals surface area contributed by atoms with Crippen LogP contribution >= 0.6 is 0 Å². The Kier molecular flexibility index (Phi) is 5.02. The number of hydrogen-bond acceptors (Lipinski definition) is 3. The predicted molar refractivity (Wildman–Crippen MR) is 56.9 cm³/mol. The van der Waals surface area contributed by atoms with Crippen LogP contribution in [0.4, 0.5) is 32.4 Å². The minimum absolute atomic E-state index is 0.851. The maximum atomic E-state index is 13.2. The van der Waals surface area contributed by atoms with Gasteiger partial charge in [0, 0.05) is 0 Å². The molecule has 0 fully saturated rings. The van der Waals surface area contributed by atoms with E-state index in [0.717, 1.165) is 0 Å². The molecule has 4 N–H and O–H groups in total. The van der Waals surface area contributed by atoms with Gasteiger partial charge in [-0.05, 0) is 0 Å². The van der Waals surface area contributed by atoms with Crippen molar-refractivity contribution in [1.29, 1.82) is 0 Å². The van der Waals surface area contributed by atoms with E-state index in [1.54, 1.807) is 5.32 Å². The zero-order valence-corrected chi connectivity index (χ0v) is 9.89. The molecule has 1 atom stereocenters. The maximum absolute atomic E-state index is 13.2. The topological polar surface area (TPSA) is 98.7 Å². The molecule has 0 aliphatic carbocycles. The molecule has 0 saturated carbocycles. The van der Waals surface area contributed by atoms with Crippen molar-refractivity contribution in [3.05, 3.63) is 29.1 Å². The summed E-state index contributed by atoms with van der Waals surface area (Å²) in [7, 11) is 0. The molecule has 2 amide bonds. The first-order chi connectivity index (χ1) is 9.66. The number of hydrogen-bond donors (Lipinski definition) is 4. The second kappa shape index (κ2) is 6.35. The van der Waals surface area contributed by atoms with Gasteiger partial charge in [0.25, 0.3) is 0 Å². The fraction of sp³-hybridized carbons (Fsp3) is 0.200. The molecular weight excluding hydrogens is 307 g/mol. The summed E-state index contributed by atoms with van der Waals surface area (Å²) >= 11 is 0. The van der Waals surface area contributed by atoms with Gasteiger partial charge in [-0.15, -0.1) is 0 Å². The Morgan fingerprint density at radius 1 is 0.952 bits per heavy atom. The van der Waals surface area contributed by atoms with Crippen molar-refractivity contribution in [2.24, 2.45) is 0 Å². The van der Waals surface area contributed by atoms with E-state index < -0.39 is 59.4 Å². The molecule has 0 aromatic heterocycles. The number of aliphatic hydroxyl groups is 1. The normalized spacial score (nSPS) is 11.9. The lowest BCUT2D eigenvalue weighted by atomic mass is 10.2. The lowest BCUT2D eigenvalue weighted by molar-refractivity contribution is -0.146. The van der Waals surface area contributed by atoms with E-state index in [2.05, 4.69) is 0 Å². The number of carbonyl (C=O) groups is 2. The number of aliphatic carboxylic acids is 1. The third-order valence-corrected chi connectivity index (χ3v) is 2.19. The molecule has 21 heavy (non-hydrogen) atoms. The summed E-state index contributed by atoms with van der Waals surface area (Å²) in [5.74, 6) is -13.1. The Balaban J connectivity index is 2.89. The van der Waals surface area contributed by atoms with Crippen molar-refractivity contribution in [3.8, 4) is 0 Å². The molecule has 1 unspecified atom stereocenters. The van der Waals surface area contributed by atoms with E-state index >= 15 is 0 Å². The minimum atomic E-state index is -2.39. The smallest absolute Gasteiger partial charge is 0.334 e. The van der Waals surface area contributed by atoms with E-state index in [0.29, 0.717) is 0 Å². The number of rotatable bonds is 4. The van der Waals surface area contributed by atoms with Crippen LogP contribution in [0.15, 0.2) is 0 Å². The van der Waals surface area contributed by atoms with E-state index in [-0.39, 0.29) is 0 Å². The fourth-order valence-electron chi connectivity index (χ4n) is 1.15. The Morgan fingerprint density at radius 2 is 1.38 bits per heavy atom. The number of nitrogens with one attached hydrogen (secondary N) is 2. The average molecular weight is 314 g/mol. The van der Waals surface area contributed by atoms with E-state index in [1.807, 2.05) is 0 Å². The zero-order chi connectivity index (χ0) is 16.3. The van der Waals surface area contributed by atoms with Crippen LogP contribution in [-0.4, -0.2) is 34.9 Å². The molecule has 0 aliphatic rings. The monoisotopic (exact) mass is 314 g/mol. The number of benzene rings is 1. The van der Waals surface area contributed by atoms with Gasteiger partial charge >= 0.3 is 12.0 Å². The van der Waals surface area contributed by atoms with Gasteiger partial charge in [-0.3, -0.25) is 0 Å². The van der Waals surface area contributed by atoms with E-state index in [4.69, 9.17) is 10.2 Å². The van der Waals surface area contributed by atoms with Crippen LogP contribution < -0.4 is 10.6 Å². The van der Waals surface area contributed by atoms with Gasteiger partial charge in [-0.2, -0.15) is 0 Å². The molecule has 1 aromatic rings. The van der Waals surface area contributed by atoms with Gasteiger partial charge in [0.15, 0.2) is 29.4 Å². The number of carbonyl (C=O) groups excluding carboxylic acids is 1. The van der Waals surface area contributed by atoms with Crippen molar-refractivity contribution >= 4 is 17.7 Å². The number of carboxylic acid groups (broad SMARTS) is 1. The Morgan fingerprint density at radius 3 is 1.81 bits per heavy atom. The second-order valence-corrected chi connectivity index (χ2v) is 3.63. The van der Waals surface area contributed by atoms with Crippen molar-refractivity contribution in [3.63, 3.8) is 0 Å². The summed E-state index contributed by atoms with van der Waals surface area (Å²) in [6, 6.07) is -1.47. The molecule has 1 rings (SSSR count). The number of halogens is 5. The van der Waals surface area contributed by atoms with Gasteiger partial charge in [0.05, 0.1) is 6.54 Å². The molecule has 116 valence electrons. The first-order valence-corrected chi connectivity index (χ1v) is 5.14. The third-order valence-electron chi connectivity index (χ3n) is 2.19. The lowest BCUT2D eigenvalue weighted by Crippen LogP contribution is -2.39. The van der Waals surface area contributed by atoms with Crippen LogP contribution in [0.3, 0.4) is 0 Å². The number of aliphatic hydroxyl groups excluding tert-OH is 1. The molecule has 0 radical (unpaired) electrons. The molecular formula is C10H7F5N2O4. The summed E-state index contributed by atoms with van der Waals surface area (Å²) in [5.41, 5.74) is -1.60. The number of anilines is 1. The minimum Gasteiger partial charge on any atom is -0.479 e. The largest absolute Gasteiger partial charge is 0.479 e. The second-order valence-electron chi connectivity index (χ2n) is 3.63. The molecule has 0 saturated heterocycles. The molecule has 11 heteroatoms. The molecule has 6 nitrogen and oxygen atoms in total. The highest BCUT2D eigenvalue weighted by Gasteiger charge is 2.27. The van der Waals surface area contributed by atoms with Gasteiger partial charge in [0.2, 0.25) is 5.82 Å². The summed E-state index contributed by atoms with van der Waals surface area (Å²) in [6.07, 6.45) is -2.01. The van der Waals surface area contributed by atoms with Crippen LogP contribution in [0.1, 0.15) is 0 Å². The summed E-state index contributed by atoms with van der Waals surface area (Å²) in [4.78, 5) is 21.4. The Labute approximate surface area is 113 Å². The predicted octanol–water partition coefficient (Wildman–Crippen LogP) is 0.949. The van der Waals surface area contributed by atoms with Gasteiger partial charge in [0.1, 0.15) is 5.69 Å². The fourth-order valence-corrected chi connectivity index (χ4v) is 1.15. The summed E-state index contributed by atoms with van der Waals surface area (Å²) in [6.45, 7) is -0.851. The molecule has 0 spiro atoms. The number of carboxylic acids is 1. The quantitative estimate of drug-likeness (QED) is 0.378. The van der Waals surface area contributed by atoms with Crippen LogP contribution in [0.25, 0.3) is 0 Å². The van der Waals surface area contributed by atoms with Gasteiger partial charge < -0.3 is 20.8 Å². The standard InChI is InChI=1S/C10H7F5N2O4/c11-3-4(12)6(14)8(7(15)5(3)13)17-10(21)16-1-2(18)9(19)20/h2,18H,1H2,(H,19,20)(H2,16,17,21). The molecule has 0 bridgehead atoms. The van der Waals surface area contributed by atoms with Crippen molar-refractivity contribution < 1.29 is 41.8 Å². The van der Waals surface area contributed by atoms with Gasteiger partial charge in [-0.25, -0.2) is 31.5 Å². The SMILES string of the molecule is O=C(NCC(O)C(=O)O)Nc1c(F)c(F)c(F)c(F)c1F. The van der Waals surface area contributed by atoms with Gasteiger partial charge in [-0.1, -0.05) is 0 Å². The molecule has 0 heterocycles. The summed E-state index contributed by atoms with van der Waals surface area (Å²) in [5, 5.41) is 20.1. The maximum Gasteiger partial charge on any atom is 0.334 e. The van der Waals surface area contributed by atoms with E-state index in [9.17, 15) is 31.5 Å². The highest BCUT2D eigenvalue weighted by molar-refractivity contribution is 5.90. The number of amides is 2. The third kappa shape index (κ3) is 3.56. The van der Waals surface area contributed by atoms with Crippen LogP contribution in [0.5, 0.6) is 0 Å². The summed E-state index contributed by atoms with van der Waals surface area (Å²) < 4.78 is 64.7.